The van der Waals surface area contributed by atoms with Crippen molar-refractivity contribution in [3.63, 3.8) is 0 Å². The van der Waals surface area contributed by atoms with Crippen molar-refractivity contribution in [3.8, 4) is 0 Å². The fraction of sp³-hybridized carbons (Fsp3) is 1.00. The summed E-state index contributed by atoms with van der Waals surface area (Å²) in [6.45, 7) is 5.81. The molecule has 0 aromatic rings. The number of nitrogens with zero attached hydrogens (tertiary/aromatic N) is 1. The maximum atomic E-state index is 10.5. The van der Waals surface area contributed by atoms with Gasteiger partial charge in [-0.3, -0.25) is 4.84 Å². The Bertz CT molecular complexity index is 353. The smallest absolute Gasteiger partial charge is 0.180 e. The number of hydrogen-bond acceptors (Lipinski definition) is 5. The lowest BCUT2D eigenvalue weighted by atomic mass is 9.80. The molecule has 0 radical (unpaired) electrons. The normalized spacial score (nSPS) is 45.9. The molecule has 2 aliphatic carbocycles. The highest BCUT2D eigenvalue weighted by Crippen LogP contribution is 2.58. The summed E-state index contributed by atoms with van der Waals surface area (Å²) in [5.41, 5.74) is -0.407. The highest BCUT2D eigenvalue weighted by Gasteiger charge is 2.61. The Hall–Kier alpha value is -0.200. The molecule has 7 atom stereocenters. The largest absolute Gasteiger partial charge is 0.376 e. The molecule has 4 unspecified atom stereocenters. The third kappa shape index (κ3) is 2.03. The zero-order valence-electron chi connectivity index (χ0n) is 12.6. The predicted octanol–water partition coefficient (Wildman–Crippen LogP) is 1.29. The van der Waals surface area contributed by atoms with Crippen LogP contribution < -0.4 is 0 Å². The van der Waals surface area contributed by atoms with Gasteiger partial charge in [0.1, 0.15) is 12.5 Å². The zero-order valence-corrected chi connectivity index (χ0v) is 12.6. The summed E-state index contributed by atoms with van der Waals surface area (Å²) in [6, 6.07) is 0. The van der Waals surface area contributed by atoms with Crippen LogP contribution in [0.1, 0.15) is 46.5 Å². The van der Waals surface area contributed by atoms with Crippen LogP contribution in [0.3, 0.4) is 0 Å². The first-order valence-electron chi connectivity index (χ1n) is 7.86. The lowest BCUT2D eigenvalue weighted by molar-refractivity contribution is -0.364. The molecule has 3 aliphatic rings. The average molecular weight is 285 g/mol. The van der Waals surface area contributed by atoms with Gasteiger partial charge in [-0.25, -0.2) is 0 Å². The van der Waals surface area contributed by atoms with Gasteiger partial charge in [0.25, 0.3) is 0 Å². The first-order valence-corrected chi connectivity index (χ1v) is 7.86. The molecule has 2 bridgehead atoms. The van der Waals surface area contributed by atoms with E-state index in [9.17, 15) is 15.3 Å². The van der Waals surface area contributed by atoms with Crippen LogP contribution in [0.4, 0.5) is 0 Å². The van der Waals surface area contributed by atoms with E-state index in [1.165, 1.54) is 5.06 Å². The van der Waals surface area contributed by atoms with Gasteiger partial charge in [0.2, 0.25) is 0 Å². The summed E-state index contributed by atoms with van der Waals surface area (Å²) >= 11 is 0. The monoisotopic (exact) mass is 285 g/mol. The van der Waals surface area contributed by atoms with E-state index in [4.69, 9.17) is 4.84 Å². The number of hydroxylamine groups is 2. The SMILES string of the molecule is CCC(C)(C)[C@H](O)ON1[C@H](O)C2C3CCC(C3)C2[C@@H]1O. The Kier molecular flexibility index (Phi) is 3.62. The number of aliphatic hydroxyl groups is 3. The first-order chi connectivity index (χ1) is 9.36. The number of hydrogen-bond donors (Lipinski definition) is 3. The van der Waals surface area contributed by atoms with Crippen LogP contribution in [0.5, 0.6) is 0 Å². The molecule has 1 aliphatic heterocycles. The Morgan fingerprint density at radius 3 is 2.10 bits per heavy atom. The van der Waals surface area contributed by atoms with Crippen molar-refractivity contribution in [2.75, 3.05) is 0 Å². The summed E-state index contributed by atoms with van der Waals surface area (Å²) < 4.78 is 0. The Balaban J connectivity index is 1.72. The van der Waals surface area contributed by atoms with Crippen LogP contribution in [-0.4, -0.2) is 39.1 Å². The van der Waals surface area contributed by atoms with Gasteiger partial charge in [0.05, 0.1) is 0 Å². The average Bonchev–Trinajstić information content (AvgIpc) is 3.08. The molecule has 5 nitrogen and oxygen atoms in total. The van der Waals surface area contributed by atoms with Crippen molar-refractivity contribution in [3.05, 3.63) is 0 Å². The van der Waals surface area contributed by atoms with Crippen molar-refractivity contribution in [1.82, 2.24) is 5.06 Å². The maximum Gasteiger partial charge on any atom is 0.180 e. The molecule has 3 rings (SSSR count). The fourth-order valence-electron chi connectivity index (χ4n) is 4.32. The zero-order chi connectivity index (χ0) is 14.7. The van der Waals surface area contributed by atoms with Crippen molar-refractivity contribution < 1.29 is 20.2 Å². The second-order valence-corrected chi connectivity index (χ2v) is 7.47. The van der Waals surface area contributed by atoms with Gasteiger partial charge in [-0.1, -0.05) is 20.8 Å². The molecule has 1 saturated heterocycles. The Morgan fingerprint density at radius 1 is 1.15 bits per heavy atom. The van der Waals surface area contributed by atoms with E-state index in [1.54, 1.807) is 0 Å². The number of rotatable bonds is 4. The second-order valence-electron chi connectivity index (χ2n) is 7.47. The van der Waals surface area contributed by atoms with E-state index >= 15 is 0 Å². The van der Waals surface area contributed by atoms with Gasteiger partial charge in [0, 0.05) is 17.3 Å². The summed E-state index contributed by atoms with van der Waals surface area (Å²) in [6.07, 6.45) is 1.56. The van der Waals surface area contributed by atoms with Gasteiger partial charge in [-0.2, -0.15) is 0 Å². The third-order valence-corrected chi connectivity index (χ3v) is 6.06. The van der Waals surface area contributed by atoms with E-state index in [0.29, 0.717) is 11.8 Å². The summed E-state index contributed by atoms with van der Waals surface area (Å²) in [7, 11) is 0. The molecule has 3 fully saturated rings. The number of aliphatic hydroxyl groups excluding tert-OH is 3. The van der Waals surface area contributed by atoms with Crippen LogP contribution in [0.25, 0.3) is 0 Å². The van der Waals surface area contributed by atoms with Crippen LogP contribution in [0.2, 0.25) is 0 Å². The molecule has 1 heterocycles. The third-order valence-electron chi connectivity index (χ3n) is 6.06. The molecule has 3 N–H and O–H groups in total. The summed E-state index contributed by atoms with van der Waals surface area (Å²) in [4.78, 5) is 5.54. The topological polar surface area (TPSA) is 73.2 Å². The quantitative estimate of drug-likeness (QED) is 0.679. The highest BCUT2D eigenvalue weighted by atomic mass is 16.8. The predicted molar refractivity (Wildman–Crippen MR) is 72.8 cm³/mol. The van der Waals surface area contributed by atoms with Gasteiger partial charge in [0.15, 0.2) is 6.29 Å². The molecule has 0 aromatic heterocycles. The lowest BCUT2D eigenvalue weighted by Crippen LogP contribution is -2.45. The Labute approximate surface area is 120 Å². The number of fused-ring (bicyclic) bond motifs is 5. The first kappa shape index (κ1) is 14.7. The minimum atomic E-state index is -1.02. The molecule has 0 spiro atoms. The second kappa shape index (κ2) is 4.92. The van der Waals surface area contributed by atoms with Gasteiger partial charge >= 0.3 is 0 Å². The van der Waals surface area contributed by atoms with Gasteiger partial charge in [-0.05, 0) is 37.5 Å². The van der Waals surface area contributed by atoms with Gasteiger partial charge < -0.3 is 15.3 Å². The highest BCUT2D eigenvalue weighted by molar-refractivity contribution is 5.04. The summed E-state index contributed by atoms with van der Waals surface area (Å²) in [5, 5.41) is 32.4. The molecule has 116 valence electrons. The van der Waals surface area contributed by atoms with Crippen LogP contribution >= 0.6 is 0 Å². The molecule has 5 heteroatoms. The van der Waals surface area contributed by atoms with E-state index < -0.39 is 24.2 Å². The van der Waals surface area contributed by atoms with Crippen molar-refractivity contribution >= 4 is 0 Å². The molecule has 20 heavy (non-hydrogen) atoms. The Morgan fingerprint density at radius 2 is 1.65 bits per heavy atom. The maximum absolute atomic E-state index is 10.5. The molecule has 0 aromatic carbocycles. The molecule has 0 amide bonds. The minimum absolute atomic E-state index is 0.0979. The lowest BCUT2D eigenvalue weighted by Gasteiger charge is -2.35. The van der Waals surface area contributed by atoms with Crippen molar-refractivity contribution in [2.24, 2.45) is 29.1 Å². The van der Waals surface area contributed by atoms with E-state index in [1.807, 2.05) is 20.8 Å². The van der Waals surface area contributed by atoms with Crippen LogP contribution in [0, 0.1) is 29.1 Å². The van der Waals surface area contributed by atoms with Crippen molar-refractivity contribution in [1.29, 1.82) is 0 Å². The van der Waals surface area contributed by atoms with Crippen molar-refractivity contribution in [2.45, 2.75) is 65.2 Å². The van der Waals surface area contributed by atoms with Crippen LogP contribution in [-0.2, 0) is 4.84 Å². The van der Waals surface area contributed by atoms with E-state index in [-0.39, 0.29) is 11.8 Å². The molecular weight excluding hydrogens is 258 g/mol. The fourth-order valence-corrected chi connectivity index (χ4v) is 4.32. The van der Waals surface area contributed by atoms with Crippen LogP contribution in [0.15, 0.2) is 0 Å². The molecule has 2 saturated carbocycles. The van der Waals surface area contributed by atoms with E-state index in [0.717, 1.165) is 25.7 Å². The van der Waals surface area contributed by atoms with E-state index in [2.05, 4.69) is 0 Å². The standard InChI is InChI=1S/C15H27NO4/c1-4-15(2,3)14(19)20-16-12(17)10-8-5-6-9(7-8)11(10)13(16)18/h8-14,17-19H,4-7H2,1-3H3/t8?,9?,10?,11?,12-,13+,14-/m1/s1. The minimum Gasteiger partial charge on any atom is -0.376 e. The molecular formula is C15H27NO4. The van der Waals surface area contributed by atoms with Gasteiger partial charge in [-0.15, -0.1) is 5.06 Å². The summed E-state index contributed by atoms with van der Waals surface area (Å²) in [5.74, 6) is 1.19.